The number of hydrazone groups is 1. The van der Waals surface area contributed by atoms with E-state index in [1.807, 2.05) is 36.4 Å². The Bertz CT molecular complexity index is 1020. The fourth-order valence-electron chi connectivity index (χ4n) is 4.80. The molecule has 2 bridgehead atoms. The molecular weight excluding hydrogens is 352 g/mol. The fourth-order valence-corrected chi connectivity index (χ4v) is 4.80. The van der Waals surface area contributed by atoms with Gasteiger partial charge in [0.05, 0.1) is 18.1 Å². The van der Waals surface area contributed by atoms with E-state index >= 15 is 0 Å². The van der Waals surface area contributed by atoms with Gasteiger partial charge in [-0.25, -0.2) is 0 Å². The number of rotatable bonds is 5. The highest BCUT2D eigenvalue weighted by molar-refractivity contribution is 6.08. The molecule has 3 aliphatic rings. The Hall–Kier alpha value is -3.21. The van der Waals surface area contributed by atoms with Crippen LogP contribution in [0.4, 0.5) is 0 Å². The number of allylic oxidation sites excluding steroid dienone is 2. The van der Waals surface area contributed by atoms with Gasteiger partial charge in [0.15, 0.2) is 0 Å². The second kappa shape index (κ2) is 6.44. The fraction of sp³-hybridized carbons (Fsp3) is 0.261. The Morgan fingerprint density at radius 2 is 1.79 bits per heavy atom. The highest BCUT2D eigenvalue weighted by Crippen LogP contribution is 2.52. The van der Waals surface area contributed by atoms with Crippen LogP contribution in [0.2, 0.25) is 0 Å². The van der Waals surface area contributed by atoms with Gasteiger partial charge >= 0.3 is 0 Å². The van der Waals surface area contributed by atoms with Crippen LogP contribution < -0.4 is 4.74 Å². The van der Waals surface area contributed by atoms with Gasteiger partial charge in [0.2, 0.25) is 0 Å². The summed E-state index contributed by atoms with van der Waals surface area (Å²) in [5, 5.41) is 7.39. The summed E-state index contributed by atoms with van der Waals surface area (Å²) in [6, 6.07) is 11.7. The SMILES string of the molecule is C=CCOc1ccc2ccccc2c1C=NN1C(=O)[C@@H]2[C@H](C1=O)[C@H]1C=C[C@H]2C1. The monoisotopic (exact) mass is 372 g/mol. The molecule has 2 aromatic carbocycles. The average molecular weight is 372 g/mol. The summed E-state index contributed by atoms with van der Waals surface area (Å²) in [7, 11) is 0. The van der Waals surface area contributed by atoms with Crippen LogP contribution in [0.5, 0.6) is 5.75 Å². The third kappa shape index (κ3) is 2.43. The van der Waals surface area contributed by atoms with Gasteiger partial charge in [-0.3, -0.25) is 9.59 Å². The number of carbonyl (C=O) groups excluding carboxylic acids is 2. The lowest BCUT2D eigenvalue weighted by molar-refractivity contribution is -0.140. The van der Waals surface area contributed by atoms with Gasteiger partial charge in [-0.15, -0.1) is 0 Å². The third-order valence-electron chi connectivity index (χ3n) is 6.04. The zero-order valence-corrected chi connectivity index (χ0v) is 15.3. The van der Waals surface area contributed by atoms with E-state index in [4.69, 9.17) is 4.74 Å². The standard InChI is InChI=1S/C23H20N2O3/c1-2-11-28-19-10-9-14-5-3-4-6-17(14)18(19)13-24-25-22(26)20-15-7-8-16(12-15)21(20)23(25)27/h2-10,13,15-16,20-21H,1,11-12H2/t15-,16-,20-,21+/m0/s1. The molecule has 28 heavy (non-hydrogen) atoms. The Kier molecular flexibility index (Phi) is 3.90. The number of fused-ring (bicyclic) bond motifs is 6. The molecule has 140 valence electrons. The van der Waals surface area contributed by atoms with E-state index in [1.54, 1.807) is 12.3 Å². The molecule has 2 amide bonds. The molecule has 2 aromatic rings. The van der Waals surface area contributed by atoms with Crippen molar-refractivity contribution >= 4 is 28.8 Å². The van der Waals surface area contributed by atoms with Crippen LogP contribution >= 0.6 is 0 Å². The lowest BCUT2D eigenvalue weighted by Gasteiger charge is -2.13. The summed E-state index contributed by atoms with van der Waals surface area (Å²) in [6.45, 7) is 4.05. The summed E-state index contributed by atoms with van der Waals surface area (Å²) in [6.07, 6.45) is 8.32. The lowest BCUT2D eigenvalue weighted by atomic mass is 9.85. The van der Waals surface area contributed by atoms with Gasteiger partial charge in [0.25, 0.3) is 11.8 Å². The number of carbonyl (C=O) groups is 2. The van der Waals surface area contributed by atoms with Crippen LogP contribution in [0.15, 0.2) is 66.3 Å². The highest BCUT2D eigenvalue weighted by Gasteiger charge is 2.59. The zero-order chi connectivity index (χ0) is 19.3. The molecule has 1 saturated carbocycles. The maximum absolute atomic E-state index is 12.8. The van der Waals surface area contributed by atoms with Crippen LogP contribution in [0.1, 0.15) is 12.0 Å². The minimum Gasteiger partial charge on any atom is -0.489 e. The lowest BCUT2D eigenvalue weighted by Crippen LogP contribution is -2.28. The molecule has 2 fully saturated rings. The molecule has 5 rings (SSSR count). The summed E-state index contributed by atoms with van der Waals surface area (Å²) in [5.41, 5.74) is 0.749. The van der Waals surface area contributed by atoms with Gasteiger partial charge in [0, 0.05) is 5.56 Å². The second-order valence-corrected chi connectivity index (χ2v) is 7.53. The number of amides is 2. The van der Waals surface area contributed by atoms with Crippen LogP contribution in [0, 0.1) is 23.7 Å². The van der Waals surface area contributed by atoms with E-state index in [0.717, 1.165) is 27.8 Å². The van der Waals surface area contributed by atoms with E-state index in [9.17, 15) is 9.59 Å². The molecule has 0 N–H and O–H groups in total. The first-order valence-corrected chi connectivity index (χ1v) is 9.54. The number of hydrogen-bond donors (Lipinski definition) is 0. The third-order valence-corrected chi connectivity index (χ3v) is 6.04. The van der Waals surface area contributed by atoms with Crippen molar-refractivity contribution in [3.05, 3.63) is 66.8 Å². The van der Waals surface area contributed by atoms with Gasteiger partial charge < -0.3 is 4.74 Å². The Morgan fingerprint density at radius 1 is 1.07 bits per heavy atom. The van der Waals surface area contributed by atoms with Gasteiger partial charge in [-0.05, 0) is 35.1 Å². The van der Waals surface area contributed by atoms with Crippen LogP contribution in [0.25, 0.3) is 10.8 Å². The van der Waals surface area contributed by atoms with Crippen molar-refractivity contribution in [2.45, 2.75) is 6.42 Å². The smallest absolute Gasteiger partial charge is 0.254 e. The molecule has 1 aliphatic heterocycles. The maximum Gasteiger partial charge on any atom is 0.254 e. The van der Waals surface area contributed by atoms with Gasteiger partial charge in [0.1, 0.15) is 12.4 Å². The first-order valence-electron chi connectivity index (χ1n) is 9.54. The van der Waals surface area contributed by atoms with Crippen molar-refractivity contribution in [3.63, 3.8) is 0 Å². The van der Waals surface area contributed by atoms with Crippen molar-refractivity contribution in [1.29, 1.82) is 0 Å². The first-order chi connectivity index (χ1) is 13.7. The highest BCUT2D eigenvalue weighted by atomic mass is 16.5. The molecule has 5 heteroatoms. The quantitative estimate of drug-likeness (QED) is 0.458. The molecule has 0 spiro atoms. The summed E-state index contributed by atoms with van der Waals surface area (Å²) < 4.78 is 5.77. The van der Waals surface area contributed by atoms with Crippen LogP contribution in [-0.4, -0.2) is 29.6 Å². The molecule has 0 unspecified atom stereocenters. The topological polar surface area (TPSA) is 59.0 Å². The van der Waals surface area contributed by atoms with E-state index < -0.39 is 0 Å². The van der Waals surface area contributed by atoms with E-state index in [2.05, 4.69) is 23.8 Å². The minimum atomic E-state index is -0.247. The van der Waals surface area contributed by atoms with Crippen LogP contribution in [0.3, 0.4) is 0 Å². The second-order valence-electron chi connectivity index (χ2n) is 7.53. The number of hydrogen-bond acceptors (Lipinski definition) is 4. The van der Waals surface area contributed by atoms with Crippen LogP contribution in [-0.2, 0) is 9.59 Å². The van der Waals surface area contributed by atoms with Crippen molar-refractivity contribution < 1.29 is 14.3 Å². The van der Waals surface area contributed by atoms with Crippen molar-refractivity contribution in [1.82, 2.24) is 5.01 Å². The normalized spacial score (nSPS) is 27.9. The van der Waals surface area contributed by atoms with Crippen molar-refractivity contribution in [2.75, 3.05) is 6.61 Å². The minimum absolute atomic E-state index is 0.177. The van der Waals surface area contributed by atoms with Gasteiger partial charge in [-0.1, -0.05) is 55.1 Å². The first kappa shape index (κ1) is 16.9. The molecule has 1 heterocycles. The van der Waals surface area contributed by atoms with E-state index in [0.29, 0.717) is 12.4 Å². The average Bonchev–Trinajstić information content (AvgIpc) is 3.39. The number of benzene rings is 2. The van der Waals surface area contributed by atoms with Crippen molar-refractivity contribution in [3.8, 4) is 5.75 Å². The number of imide groups is 1. The number of ether oxygens (including phenoxy) is 1. The Labute approximate surface area is 163 Å². The summed E-state index contributed by atoms with van der Waals surface area (Å²) in [5.74, 6) is 0.135. The maximum atomic E-state index is 12.8. The van der Waals surface area contributed by atoms with E-state index in [1.165, 1.54) is 0 Å². The molecule has 0 aromatic heterocycles. The molecule has 2 aliphatic carbocycles. The number of nitrogens with zero attached hydrogens (tertiary/aromatic N) is 2. The predicted octanol–water partition coefficient (Wildman–Crippen LogP) is 3.55. The summed E-state index contributed by atoms with van der Waals surface area (Å²) in [4.78, 5) is 25.7. The molecule has 4 atom stereocenters. The van der Waals surface area contributed by atoms with E-state index in [-0.39, 0.29) is 35.5 Å². The Balaban J connectivity index is 1.51. The van der Waals surface area contributed by atoms with Crippen molar-refractivity contribution in [2.24, 2.45) is 28.8 Å². The molecular formula is C23H20N2O3. The molecule has 1 saturated heterocycles. The molecule has 0 radical (unpaired) electrons. The summed E-state index contributed by atoms with van der Waals surface area (Å²) >= 11 is 0. The largest absolute Gasteiger partial charge is 0.489 e. The Morgan fingerprint density at radius 3 is 2.50 bits per heavy atom. The predicted molar refractivity (Wildman–Crippen MR) is 107 cm³/mol. The van der Waals surface area contributed by atoms with Gasteiger partial charge in [-0.2, -0.15) is 10.1 Å². The molecule has 5 nitrogen and oxygen atoms in total. The zero-order valence-electron chi connectivity index (χ0n) is 15.3.